The smallest absolute Gasteiger partial charge is 0.137 e. The molecule has 3 fully saturated rings. The minimum Gasteiger partial charge on any atom is -0.411 e. The van der Waals surface area contributed by atoms with Crippen molar-refractivity contribution in [2.75, 3.05) is 0 Å². The Morgan fingerprint density at radius 3 is 2.83 bits per heavy atom. The van der Waals surface area contributed by atoms with Crippen LogP contribution in [0.5, 0.6) is 0 Å². The summed E-state index contributed by atoms with van der Waals surface area (Å²) in [5, 5.41) is 13.3. The maximum absolute atomic E-state index is 9.59. The van der Waals surface area contributed by atoms with Crippen molar-refractivity contribution in [1.29, 1.82) is 0 Å². The van der Waals surface area contributed by atoms with Crippen LogP contribution in [0.1, 0.15) is 69.3 Å². The lowest BCUT2D eigenvalue weighted by Gasteiger charge is -2.59. The van der Waals surface area contributed by atoms with Crippen molar-refractivity contribution in [3.05, 3.63) is 35.3 Å². The summed E-state index contributed by atoms with van der Waals surface area (Å²) >= 11 is 0. The predicted octanol–water partition coefficient (Wildman–Crippen LogP) is 5.43. The van der Waals surface area contributed by atoms with Gasteiger partial charge in [-0.15, -0.1) is 0 Å². The highest BCUT2D eigenvalue weighted by atomic mass is 16.4. The van der Waals surface area contributed by atoms with Gasteiger partial charge in [0.15, 0.2) is 0 Å². The molecule has 154 valence electrons. The van der Waals surface area contributed by atoms with E-state index in [-0.39, 0.29) is 5.41 Å². The zero-order chi connectivity index (χ0) is 20.0. The van der Waals surface area contributed by atoms with Gasteiger partial charge in [0, 0.05) is 17.3 Å². The molecule has 2 heterocycles. The van der Waals surface area contributed by atoms with Crippen LogP contribution in [0.4, 0.5) is 0 Å². The molecular weight excluding hydrogens is 358 g/mol. The molecular formula is C25H33N3O. The Balaban J connectivity index is 1.40. The van der Waals surface area contributed by atoms with E-state index in [0.29, 0.717) is 11.3 Å². The zero-order valence-electron chi connectivity index (χ0n) is 18.0. The molecule has 0 saturated heterocycles. The molecule has 0 unspecified atom stereocenters. The van der Waals surface area contributed by atoms with E-state index in [4.69, 9.17) is 4.98 Å². The molecule has 0 aromatic carbocycles. The highest BCUT2D eigenvalue weighted by Gasteiger charge is 2.60. The van der Waals surface area contributed by atoms with E-state index in [2.05, 4.69) is 48.7 Å². The minimum atomic E-state index is 0.138. The molecule has 4 heteroatoms. The Kier molecular flexibility index (Phi) is 3.63. The fourth-order valence-electron chi connectivity index (χ4n) is 8.29. The molecule has 0 aliphatic heterocycles. The monoisotopic (exact) mass is 391 g/mol. The first kappa shape index (κ1) is 18.0. The van der Waals surface area contributed by atoms with Crippen molar-refractivity contribution in [1.82, 2.24) is 9.38 Å². The van der Waals surface area contributed by atoms with E-state index in [9.17, 15) is 5.21 Å². The Morgan fingerprint density at radius 2 is 2.00 bits per heavy atom. The molecule has 2 aromatic heterocycles. The second kappa shape index (κ2) is 5.86. The molecule has 3 saturated carbocycles. The number of hydrogen-bond acceptors (Lipinski definition) is 3. The van der Waals surface area contributed by atoms with E-state index >= 15 is 0 Å². The molecule has 4 aliphatic carbocycles. The molecule has 29 heavy (non-hydrogen) atoms. The summed E-state index contributed by atoms with van der Waals surface area (Å²) in [5.74, 6) is 3.05. The average Bonchev–Trinajstić information content (AvgIpc) is 3.22. The lowest BCUT2D eigenvalue weighted by atomic mass is 9.45. The van der Waals surface area contributed by atoms with Crippen LogP contribution in [0.15, 0.2) is 23.5 Å². The van der Waals surface area contributed by atoms with Gasteiger partial charge in [0.1, 0.15) is 5.65 Å². The van der Waals surface area contributed by atoms with Gasteiger partial charge in [-0.1, -0.05) is 25.1 Å². The largest absolute Gasteiger partial charge is 0.411 e. The Labute approximate surface area is 173 Å². The number of hydrogen-bond donors (Lipinski definition) is 1. The highest BCUT2D eigenvalue weighted by molar-refractivity contribution is 5.91. The summed E-state index contributed by atoms with van der Waals surface area (Å²) < 4.78 is 2.38. The Hall–Kier alpha value is -1.84. The number of aryl methyl sites for hydroxylation is 1. The number of aromatic nitrogens is 2. The van der Waals surface area contributed by atoms with E-state index in [1.54, 1.807) is 0 Å². The highest BCUT2D eigenvalue weighted by Crippen LogP contribution is 2.64. The van der Waals surface area contributed by atoms with Crippen molar-refractivity contribution in [2.45, 2.75) is 72.1 Å². The average molecular weight is 392 g/mol. The number of pyridine rings is 1. The molecule has 6 rings (SSSR count). The third-order valence-corrected chi connectivity index (χ3v) is 9.86. The molecule has 2 aromatic rings. The molecule has 4 nitrogen and oxygen atoms in total. The summed E-state index contributed by atoms with van der Waals surface area (Å²) in [4.78, 5) is 5.03. The second-order valence-corrected chi connectivity index (χ2v) is 11.0. The Bertz CT molecular complexity index is 1020. The predicted molar refractivity (Wildman–Crippen MR) is 114 cm³/mol. The van der Waals surface area contributed by atoms with Crippen LogP contribution in [-0.4, -0.2) is 20.3 Å². The van der Waals surface area contributed by atoms with Gasteiger partial charge in [0.25, 0.3) is 0 Å². The minimum absolute atomic E-state index is 0.138. The van der Waals surface area contributed by atoms with Crippen LogP contribution in [-0.2, 0) is 12.8 Å². The van der Waals surface area contributed by atoms with Crippen LogP contribution in [0.25, 0.3) is 5.65 Å². The third-order valence-electron chi connectivity index (χ3n) is 9.86. The number of fused-ring (bicyclic) bond motifs is 8. The van der Waals surface area contributed by atoms with E-state index in [0.717, 1.165) is 42.0 Å². The van der Waals surface area contributed by atoms with Crippen molar-refractivity contribution in [2.24, 2.45) is 39.7 Å². The molecule has 1 N–H and O–H groups in total. The fourth-order valence-corrected chi connectivity index (χ4v) is 8.29. The van der Waals surface area contributed by atoms with Crippen LogP contribution in [0.3, 0.4) is 0 Å². The number of rotatable bonds is 0. The van der Waals surface area contributed by atoms with Gasteiger partial charge in [-0.25, -0.2) is 4.98 Å². The Morgan fingerprint density at radius 1 is 1.14 bits per heavy atom. The lowest BCUT2D eigenvalue weighted by Crippen LogP contribution is -2.54. The summed E-state index contributed by atoms with van der Waals surface area (Å²) in [6.07, 6.45) is 12.0. The van der Waals surface area contributed by atoms with Crippen LogP contribution in [0, 0.1) is 41.4 Å². The summed E-state index contributed by atoms with van der Waals surface area (Å²) in [6.45, 7) is 7.17. The molecule has 0 amide bonds. The van der Waals surface area contributed by atoms with Crippen LogP contribution < -0.4 is 0 Å². The number of oxime groups is 1. The van der Waals surface area contributed by atoms with Crippen LogP contribution in [0.2, 0.25) is 0 Å². The summed E-state index contributed by atoms with van der Waals surface area (Å²) in [7, 11) is 0. The molecule has 4 aliphatic rings. The third kappa shape index (κ3) is 2.26. The quantitative estimate of drug-likeness (QED) is 0.481. The van der Waals surface area contributed by atoms with E-state index < -0.39 is 0 Å². The summed E-state index contributed by atoms with van der Waals surface area (Å²) in [5.41, 5.74) is 6.84. The number of imidazole rings is 1. The first-order valence-corrected chi connectivity index (χ1v) is 11.6. The maximum Gasteiger partial charge on any atom is 0.137 e. The zero-order valence-corrected chi connectivity index (χ0v) is 18.0. The van der Waals surface area contributed by atoms with Gasteiger partial charge in [0.2, 0.25) is 0 Å². The molecule has 6 atom stereocenters. The fraction of sp³-hybridized carbons (Fsp3) is 0.680. The molecule has 0 spiro atoms. The first-order valence-electron chi connectivity index (χ1n) is 11.6. The van der Waals surface area contributed by atoms with Crippen molar-refractivity contribution in [3.63, 3.8) is 0 Å². The van der Waals surface area contributed by atoms with Crippen molar-refractivity contribution < 1.29 is 5.21 Å². The summed E-state index contributed by atoms with van der Waals surface area (Å²) in [6, 6.07) is 4.36. The van der Waals surface area contributed by atoms with E-state index in [1.807, 2.05) is 0 Å². The van der Waals surface area contributed by atoms with Gasteiger partial charge < -0.3 is 9.61 Å². The van der Waals surface area contributed by atoms with Gasteiger partial charge in [0.05, 0.1) is 11.4 Å². The SMILES string of the molecule is Cc1ccc2nc3c(n2c1)C[C@@]1(C)[C@@H](CC[C@@H]2[C@@H]1CC[C@]1(C)/C(=N/O)CC[C@@H]21)C3. The van der Waals surface area contributed by atoms with Gasteiger partial charge in [-0.05, 0) is 99.0 Å². The lowest BCUT2D eigenvalue weighted by molar-refractivity contribution is -0.0804. The topological polar surface area (TPSA) is 49.9 Å². The normalized spacial score (nSPS) is 42.4. The second-order valence-electron chi connectivity index (χ2n) is 11.0. The molecule has 0 bridgehead atoms. The van der Waals surface area contributed by atoms with Gasteiger partial charge >= 0.3 is 0 Å². The van der Waals surface area contributed by atoms with E-state index in [1.165, 1.54) is 55.5 Å². The molecule has 0 radical (unpaired) electrons. The number of nitrogens with zero attached hydrogens (tertiary/aromatic N) is 3. The van der Waals surface area contributed by atoms with Gasteiger partial charge in [-0.2, -0.15) is 0 Å². The first-order chi connectivity index (χ1) is 13.9. The van der Waals surface area contributed by atoms with Crippen molar-refractivity contribution >= 4 is 11.4 Å². The maximum atomic E-state index is 9.59. The van der Waals surface area contributed by atoms with Crippen molar-refractivity contribution in [3.8, 4) is 0 Å². The van der Waals surface area contributed by atoms with Crippen LogP contribution >= 0.6 is 0 Å². The standard InChI is InChI=1S/C25H33N3O/c1-15-4-9-23-26-20-12-16-5-6-17-18-7-8-22(27-29)24(18,2)11-10-19(17)25(16,3)13-21(20)28(23)14-15/h4,9,14,16-19,29H,5-8,10-13H2,1-3H3/b27-22+/t16-,17-,18-,19-,24-,25-/m0/s1. The van der Waals surface area contributed by atoms with Gasteiger partial charge in [-0.3, -0.25) is 0 Å².